The predicted molar refractivity (Wildman–Crippen MR) is 131 cm³/mol. The van der Waals surface area contributed by atoms with Crippen LogP contribution in [0.4, 0.5) is 4.39 Å². The third-order valence-corrected chi connectivity index (χ3v) is 8.28. The number of fused-ring (bicyclic) bond motifs is 1. The molecule has 2 aromatic rings. The molecule has 1 aromatic carbocycles. The summed E-state index contributed by atoms with van der Waals surface area (Å²) in [7, 11) is -2.59. The van der Waals surface area contributed by atoms with Crippen LogP contribution in [0.1, 0.15) is 42.6 Å². The number of sulfonamides is 1. The van der Waals surface area contributed by atoms with Crippen LogP contribution < -0.4 is 4.74 Å². The smallest absolute Gasteiger partial charge is 0.259 e. The first kappa shape index (κ1) is 26.1. The van der Waals surface area contributed by atoms with E-state index in [0.29, 0.717) is 11.5 Å². The second kappa shape index (κ2) is 10.5. The van der Waals surface area contributed by atoms with Crippen molar-refractivity contribution in [3.05, 3.63) is 53.5 Å². The number of carbonyl (C=O) groups excluding carboxylic acids is 1. The van der Waals surface area contributed by atoms with E-state index in [0.717, 1.165) is 23.2 Å². The standard InChI is InChI=1S/C26H30FN3O5S/c1-17-14-30(18(2)16-31)26(32)23-11-20(10-9-19-7-8-19)13-28-25(23)35-24(17)15-29(3)36(33,34)22-6-4-5-21(27)12-22/h4-6,11-13,17-19,24,31H,7-8,14-16H2,1-3H3/t17-,18-,24-/m0/s1. The number of carbonyl (C=O) groups is 1. The number of halogens is 1. The molecule has 0 saturated heterocycles. The van der Waals surface area contributed by atoms with Crippen molar-refractivity contribution in [3.63, 3.8) is 0 Å². The van der Waals surface area contributed by atoms with Crippen molar-refractivity contribution in [1.82, 2.24) is 14.2 Å². The van der Waals surface area contributed by atoms with Gasteiger partial charge in [0.15, 0.2) is 0 Å². The predicted octanol–water partition coefficient (Wildman–Crippen LogP) is 2.52. The molecule has 1 amide bonds. The summed E-state index contributed by atoms with van der Waals surface area (Å²) < 4.78 is 47.1. The number of nitrogens with zero attached hydrogens (tertiary/aromatic N) is 3. The van der Waals surface area contributed by atoms with E-state index in [1.54, 1.807) is 17.9 Å². The molecule has 0 bridgehead atoms. The lowest BCUT2D eigenvalue weighted by Crippen LogP contribution is -2.50. The van der Waals surface area contributed by atoms with Crippen molar-refractivity contribution in [3.8, 4) is 17.7 Å². The largest absolute Gasteiger partial charge is 0.472 e. The first-order chi connectivity index (χ1) is 17.1. The van der Waals surface area contributed by atoms with Gasteiger partial charge in [-0.15, -0.1) is 0 Å². The number of ether oxygens (including phenoxy) is 1. The van der Waals surface area contributed by atoms with Crippen LogP contribution in [-0.4, -0.2) is 72.5 Å². The molecule has 1 aliphatic heterocycles. The molecule has 10 heteroatoms. The van der Waals surface area contributed by atoms with Crippen LogP contribution >= 0.6 is 0 Å². The Labute approximate surface area is 211 Å². The molecule has 2 heterocycles. The van der Waals surface area contributed by atoms with E-state index in [2.05, 4.69) is 16.8 Å². The van der Waals surface area contributed by atoms with Crippen LogP contribution in [0.5, 0.6) is 5.88 Å². The lowest BCUT2D eigenvalue weighted by molar-refractivity contribution is 0.0373. The highest BCUT2D eigenvalue weighted by atomic mass is 32.2. The summed E-state index contributed by atoms with van der Waals surface area (Å²) >= 11 is 0. The molecular weight excluding hydrogens is 485 g/mol. The van der Waals surface area contributed by atoms with E-state index in [-0.39, 0.29) is 47.9 Å². The lowest BCUT2D eigenvalue weighted by atomic mass is 10.0. The first-order valence-corrected chi connectivity index (χ1v) is 13.4. The third-order valence-electron chi connectivity index (χ3n) is 6.46. The van der Waals surface area contributed by atoms with Crippen LogP contribution in [0.15, 0.2) is 41.4 Å². The van der Waals surface area contributed by atoms with Crippen molar-refractivity contribution in [2.24, 2.45) is 11.8 Å². The average Bonchev–Trinajstić information content (AvgIpc) is 3.69. The van der Waals surface area contributed by atoms with Crippen molar-refractivity contribution in [2.75, 3.05) is 26.7 Å². The number of rotatable bonds is 6. The molecule has 1 aromatic heterocycles. The van der Waals surface area contributed by atoms with Crippen molar-refractivity contribution >= 4 is 15.9 Å². The fourth-order valence-electron chi connectivity index (χ4n) is 3.96. The van der Waals surface area contributed by atoms with Crippen molar-refractivity contribution < 1.29 is 27.4 Å². The number of benzene rings is 1. The SMILES string of the molecule is C[C@H]1CN([C@@H](C)CO)C(=O)c2cc(C#CC3CC3)cnc2O[C@H]1CN(C)S(=O)(=O)c1cccc(F)c1. The van der Waals surface area contributed by atoms with Gasteiger partial charge in [-0.1, -0.05) is 24.8 Å². The molecule has 2 aliphatic rings. The number of pyridine rings is 1. The van der Waals surface area contributed by atoms with Gasteiger partial charge in [0.25, 0.3) is 5.91 Å². The van der Waals surface area contributed by atoms with Gasteiger partial charge in [-0.05, 0) is 44.0 Å². The van der Waals surface area contributed by atoms with E-state index in [9.17, 15) is 22.7 Å². The van der Waals surface area contributed by atoms with Crippen LogP contribution in [-0.2, 0) is 10.0 Å². The molecule has 36 heavy (non-hydrogen) atoms. The highest BCUT2D eigenvalue weighted by Gasteiger charge is 2.36. The van der Waals surface area contributed by atoms with Gasteiger partial charge in [-0.3, -0.25) is 4.79 Å². The van der Waals surface area contributed by atoms with E-state index in [1.807, 2.05) is 6.92 Å². The Hall–Kier alpha value is -3.00. The summed E-state index contributed by atoms with van der Waals surface area (Å²) in [6.45, 7) is 3.53. The summed E-state index contributed by atoms with van der Waals surface area (Å²) in [5.41, 5.74) is 0.801. The van der Waals surface area contributed by atoms with Gasteiger partial charge in [0.05, 0.1) is 24.1 Å². The summed E-state index contributed by atoms with van der Waals surface area (Å²) in [4.78, 5) is 19.2. The molecular formula is C26H30FN3O5S. The molecule has 4 rings (SSSR count). The number of likely N-dealkylation sites (N-methyl/N-ethyl adjacent to an activating group) is 1. The summed E-state index contributed by atoms with van der Waals surface area (Å²) in [6.07, 6.45) is 3.01. The van der Waals surface area contributed by atoms with Crippen molar-refractivity contribution in [1.29, 1.82) is 0 Å². The Kier molecular flexibility index (Phi) is 7.64. The zero-order valence-electron chi connectivity index (χ0n) is 20.5. The molecule has 0 unspecified atom stereocenters. The topological polar surface area (TPSA) is 100 Å². The molecule has 3 atom stereocenters. The monoisotopic (exact) mass is 515 g/mol. The lowest BCUT2D eigenvalue weighted by Gasteiger charge is -2.37. The molecule has 1 aliphatic carbocycles. The second-order valence-corrected chi connectivity index (χ2v) is 11.5. The maximum atomic E-state index is 13.7. The molecule has 1 saturated carbocycles. The molecule has 0 radical (unpaired) electrons. The minimum atomic E-state index is -3.99. The van der Waals surface area contributed by atoms with Crippen LogP contribution in [0.2, 0.25) is 0 Å². The van der Waals surface area contributed by atoms with Gasteiger partial charge >= 0.3 is 0 Å². The average molecular weight is 516 g/mol. The van der Waals surface area contributed by atoms with Crippen LogP contribution in [0.25, 0.3) is 0 Å². The number of amides is 1. The van der Waals surface area contributed by atoms with Crippen molar-refractivity contribution in [2.45, 2.75) is 43.7 Å². The van der Waals surface area contributed by atoms with Gasteiger partial charge in [-0.25, -0.2) is 17.8 Å². The van der Waals surface area contributed by atoms with E-state index in [4.69, 9.17) is 4.74 Å². The quantitative estimate of drug-likeness (QED) is 0.594. The third kappa shape index (κ3) is 5.69. The Morgan fingerprint density at radius 2 is 2.08 bits per heavy atom. The Morgan fingerprint density at radius 3 is 2.75 bits per heavy atom. The van der Waals surface area contributed by atoms with Gasteiger partial charge in [0.1, 0.15) is 17.5 Å². The van der Waals surface area contributed by atoms with E-state index < -0.39 is 28.0 Å². The maximum absolute atomic E-state index is 13.7. The fourth-order valence-corrected chi connectivity index (χ4v) is 5.18. The molecule has 8 nitrogen and oxygen atoms in total. The van der Waals surface area contributed by atoms with Crippen LogP contribution in [0, 0.1) is 29.5 Å². The molecule has 0 spiro atoms. The number of aliphatic hydroxyl groups is 1. The first-order valence-electron chi connectivity index (χ1n) is 11.9. The van der Waals surface area contributed by atoms with Gasteiger partial charge in [0.2, 0.25) is 15.9 Å². The highest BCUT2D eigenvalue weighted by Crippen LogP contribution is 2.29. The zero-order chi connectivity index (χ0) is 26.0. The number of aliphatic hydroxyl groups excluding tert-OH is 1. The Bertz CT molecular complexity index is 1300. The van der Waals surface area contributed by atoms with E-state index in [1.165, 1.54) is 31.4 Å². The minimum absolute atomic E-state index is 0.0556. The normalized spacial score (nSPS) is 21.1. The summed E-state index contributed by atoms with van der Waals surface area (Å²) in [5, 5.41) is 9.79. The Morgan fingerprint density at radius 1 is 1.33 bits per heavy atom. The van der Waals surface area contributed by atoms with Gasteiger partial charge in [-0.2, -0.15) is 4.31 Å². The Balaban J connectivity index is 1.66. The number of hydrogen-bond donors (Lipinski definition) is 1. The number of hydrogen-bond acceptors (Lipinski definition) is 6. The summed E-state index contributed by atoms with van der Waals surface area (Å²) in [6, 6.07) is 5.99. The zero-order valence-corrected chi connectivity index (χ0v) is 21.3. The van der Waals surface area contributed by atoms with Gasteiger partial charge in [0, 0.05) is 37.2 Å². The summed E-state index contributed by atoms with van der Waals surface area (Å²) in [5.74, 6) is 5.39. The van der Waals surface area contributed by atoms with Crippen LogP contribution in [0.3, 0.4) is 0 Å². The fraction of sp³-hybridized carbons (Fsp3) is 0.462. The molecule has 192 valence electrons. The maximum Gasteiger partial charge on any atom is 0.259 e. The molecule has 1 N–H and O–H groups in total. The second-order valence-electron chi connectivity index (χ2n) is 9.49. The molecule has 1 fully saturated rings. The van der Waals surface area contributed by atoms with E-state index >= 15 is 0 Å². The minimum Gasteiger partial charge on any atom is -0.472 e. The van der Waals surface area contributed by atoms with Gasteiger partial charge < -0.3 is 14.7 Å². The number of aromatic nitrogens is 1. The highest BCUT2D eigenvalue weighted by molar-refractivity contribution is 7.89.